The number of carbonyl (C=O) groups is 1. The van der Waals surface area contributed by atoms with E-state index in [1.807, 2.05) is 36.4 Å². The number of nitro groups is 1. The molecule has 2 fully saturated rings. The molecule has 0 aromatic heterocycles. The summed E-state index contributed by atoms with van der Waals surface area (Å²) >= 11 is 0. The van der Waals surface area contributed by atoms with Crippen molar-refractivity contribution in [1.82, 2.24) is 9.80 Å². The van der Waals surface area contributed by atoms with E-state index in [2.05, 4.69) is 34.1 Å². The van der Waals surface area contributed by atoms with Crippen LogP contribution in [0.1, 0.15) is 43.2 Å². The van der Waals surface area contributed by atoms with Gasteiger partial charge in [-0.2, -0.15) is 0 Å². The van der Waals surface area contributed by atoms with Crippen molar-refractivity contribution in [2.45, 2.75) is 50.7 Å². The number of methoxy groups -OCH3 is 1. The topological polar surface area (TPSA) is 75.9 Å². The Bertz CT molecular complexity index is 963. The van der Waals surface area contributed by atoms with Crippen LogP contribution in [0.25, 0.3) is 0 Å². The average molecular weight is 480 g/mol. The summed E-state index contributed by atoms with van der Waals surface area (Å²) in [4.78, 5) is 29.6. The molecule has 1 aliphatic heterocycles. The first-order valence-electron chi connectivity index (χ1n) is 12.7. The van der Waals surface area contributed by atoms with Crippen LogP contribution in [0.15, 0.2) is 60.7 Å². The summed E-state index contributed by atoms with van der Waals surface area (Å²) in [5.41, 5.74) is 1.38. The minimum Gasteiger partial charge on any atom is -0.469 e. The van der Waals surface area contributed by atoms with Crippen molar-refractivity contribution in [3.63, 3.8) is 0 Å². The number of carbonyl (C=O) groups excluding carboxylic acids is 1. The number of ether oxygens (including phenoxy) is 1. The number of hydrogen-bond donors (Lipinski definition) is 0. The molecule has 7 heteroatoms. The Morgan fingerprint density at radius 1 is 0.914 bits per heavy atom. The van der Waals surface area contributed by atoms with Crippen molar-refractivity contribution < 1.29 is 14.5 Å². The Morgan fingerprint density at radius 2 is 1.46 bits per heavy atom. The molecular weight excluding hydrogens is 442 g/mol. The molecule has 2 aliphatic rings. The fourth-order valence-electron chi connectivity index (χ4n) is 5.93. The maximum absolute atomic E-state index is 12.8. The second-order valence-electron chi connectivity index (χ2n) is 10.1. The first-order chi connectivity index (χ1) is 17.0. The van der Waals surface area contributed by atoms with E-state index < -0.39 is 5.54 Å². The molecule has 2 aromatic carbocycles. The van der Waals surface area contributed by atoms with Crippen LogP contribution in [-0.2, 0) is 22.6 Å². The van der Waals surface area contributed by atoms with Crippen LogP contribution in [-0.4, -0.2) is 59.5 Å². The van der Waals surface area contributed by atoms with Crippen molar-refractivity contribution in [3.05, 3.63) is 81.9 Å². The Balaban J connectivity index is 1.57. The lowest BCUT2D eigenvalue weighted by atomic mass is 9.70. The molecule has 1 atom stereocenters. The smallest absolute Gasteiger partial charge is 0.308 e. The molecule has 4 rings (SSSR count). The number of esters is 1. The first-order valence-corrected chi connectivity index (χ1v) is 12.7. The van der Waals surface area contributed by atoms with Gasteiger partial charge in [0.2, 0.25) is 5.54 Å². The van der Waals surface area contributed by atoms with Gasteiger partial charge in [0.25, 0.3) is 0 Å². The number of rotatable bonds is 7. The van der Waals surface area contributed by atoms with E-state index in [0.717, 1.165) is 19.6 Å². The standard InChI is InChI=1S/C28H37N3O4/c1-35-27(32)25-12-14-26(15-13-25)28(31(33)34)16-17-29(20-23-8-4-2-5-9-23)18-19-30(22-28)21-24-10-6-3-7-11-24/h2-11,25-26H,12-22H2,1H3/t25?,26?,28-/m1/s1. The summed E-state index contributed by atoms with van der Waals surface area (Å²) in [7, 11) is 1.42. The first kappa shape index (κ1) is 25.3. The van der Waals surface area contributed by atoms with E-state index in [4.69, 9.17) is 4.74 Å². The Labute approximate surface area is 208 Å². The second-order valence-corrected chi connectivity index (χ2v) is 10.1. The summed E-state index contributed by atoms with van der Waals surface area (Å²) < 4.78 is 4.95. The van der Waals surface area contributed by atoms with Gasteiger partial charge >= 0.3 is 5.97 Å². The zero-order valence-electron chi connectivity index (χ0n) is 20.7. The van der Waals surface area contributed by atoms with Gasteiger partial charge in [-0.3, -0.25) is 24.7 Å². The van der Waals surface area contributed by atoms with Crippen LogP contribution < -0.4 is 0 Å². The molecule has 0 amide bonds. The molecule has 35 heavy (non-hydrogen) atoms. The zero-order valence-corrected chi connectivity index (χ0v) is 20.7. The molecule has 1 heterocycles. The van der Waals surface area contributed by atoms with E-state index in [1.165, 1.54) is 18.2 Å². The molecule has 0 radical (unpaired) electrons. The molecule has 2 aromatic rings. The second kappa shape index (κ2) is 11.8. The highest BCUT2D eigenvalue weighted by molar-refractivity contribution is 5.72. The number of nitrogens with zero attached hydrogens (tertiary/aromatic N) is 3. The van der Waals surface area contributed by atoms with Crippen molar-refractivity contribution in [3.8, 4) is 0 Å². The van der Waals surface area contributed by atoms with Gasteiger partial charge in [-0.15, -0.1) is 0 Å². The third kappa shape index (κ3) is 6.27. The molecule has 1 aliphatic carbocycles. The summed E-state index contributed by atoms with van der Waals surface area (Å²) in [6.07, 6.45) is 3.24. The van der Waals surface area contributed by atoms with Gasteiger partial charge in [0.05, 0.1) is 19.6 Å². The number of benzene rings is 2. The Morgan fingerprint density at radius 3 is 2.00 bits per heavy atom. The molecule has 0 unspecified atom stereocenters. The average Bonchev–Trinajstić information content (AvgIpc) is 2.88. The Kier molecular flexibility index (Phi) is 8.52. The summed E-state index contributed by atoms with van der Waals surface area (Å²) in [5, 5.41) is 12.8. The zero-order chi connectivity index (χ0) is 24.7. The Hall–Kier alpha value is -2.77. The molecule has 188 valence electrons. The van der Waals surface area contributed by atoms with Crippen LogP contribution in [0.4, 0.5) is 0 Å². The maximum Gasteiger partial charge on any atom is 0.308 e. The van der Waals surface area contributed by atoms with Crippen LogP contribution in [0.3, 0.4) is 0 Å². The SMILES string of the molecule is COC(=O)C1CCC([C@@]2([N+](=O)[O-])CCN(Cc3ccccc3)CCN(Cc3ccccc3)C2)CC1. The lowest BCUT2D eigenvalue weighted by Gasteiger charge is -2.43. The fraction of sp³-hybridized carbons (Fsp3) is 0.536. The van der Waals surface area contributed by atoms with Crippen LogP contribution in [0.5, 0.6) is 0 Å². The summed E-state index contributed by atoms with van der Waals surface area (Å²) in [6.45, 7) is 4.31. The molecular formula is C28H37N3O4. The fourth-order valence-corrected chi connectivity index (χ4v) is 5.93. The van der Waals surface area contributed by atoms with Gasteiger partial charge in [-0.25, -0.2) is 0 Å². The molecule has 0 bridgehead atoms. The van der Waals surface area contributed by atoms with E-state index in [-0.39, 0.29) is 22.7 Å². The van der Waals surface area contributed by atoms with Crippen LogP contribution in [0, 0.1) is 22.0 Å². The van der Waals surface area contributed by atoms with Crippen molar-refractivity contribution in [1.29, 1.82) is 0 Å². The van der Waals surface area contributed by atoms with Gasteiger partial charge < -0.3 is 4.74 Å². The number of hydrogen-bond acceptors (Lipinski definition) is 6. The van der Waals surface area contributed by atoms with E-state index in [0.29, 0.717) is 51.7 Å². The van der Waals surface area contributed by atoms with Crippen LogP contribution >= 0.6 is 0 Å². The summed E-state index contributed by atoms with van der Waals surface area (Å²) in [5.74, 6) is -0.368. The van der Waals surface area contributed by atoms with Crippen molar-refractivity contribution in [2.24, 2.45) is 11.8 Å². The lowest BCUT2D eigenvalue weighted by Crippen LogP contribution is -2.58. The van der Waals surface area contributed by atoms with Crippen molar-refractivity contribution in [2.75, 3.05) is 33.3 Å². The third-order valence-corrected chi connectivity index (χ3v) is 7.97. The predicted molar refractivity (Wildman–Crippen MR) is 135 cm³/mol. The lowest BCUT2D eigenvalue weighted by molar-refractivity contribution is -0.585. The van der Waals surface area contributed by atoms with Crippen LogP contribution in [0.2, 0.25) is 0 Å². The van der Waals surface area contributed by atoms with Crippen molar-refractivity contribution >= 4 is 5.97 Å². The molecule has 1 saturated heterocycles. The summed E-state index contributed by atoms with van der Waals surface area (Å²) in [6, 6.07) is 20.6. The molecule has 1 saturated carbocycles. The van der Waals surface area contributed by atoms with Gasteiger partial charge in [-0.05, 0) is 36.8 Å². The van der Waals surface area contributed by atoms with Gasteiger partial charge in [0.15, 0.2) is 0 Å². The molecule has 0 N–H and O–H groups in total. The van der Waals surface area contributed by atoms with E-state index in [9.17, 15) is 14.9 Å². The highest BCUT2D eigenvalue weighted by atomic mass is 16.6. The van der Waals surface area contributed by atoms with Gasteiger partial charge in [0, 0.05) is 50.0 Å². The monoisotopic (exact) mass is 479 g/mol. The predicted octanol–water partition coefficient (Wildman–Crippen LogP) is 4.39. The minimum absolute atomic E-state index is 0.0140. The largest absolute Gasteiger partial charge is 0.469 e. The minimum atomic E-state index is -1.02. The van der Waals surface area contributed by atoms with Gasteiger partial charge in [-0.1, -0.05) is 60.7 Å². The quantitative estimate of drug-likeness (QED) is 0.333. The highest BCUT2D eigenvalue weighted by Gasteiger charge is 2.53. The maximum atomic E-state index is 12.8. The van der Waals surface area contributed by atoms with Gasteiger partial charge in [0.1, 0.15) is 0 Å². The van der Waals surface area contributed by atoms with E-state index in [1.54, 1.807) is 0 Å². The molecule has 7 nitrogen and oxygen atoms in total. The third-order valence-electron chi connectivity index (χ3n) is 7.97. The highest BCUT2D eigenvalue weighted by Crippen LogP contribution is 2.41. The molecule has 0 spiro atoms. The van der Waals surface area contributed by atoms with E-state index >= 15 is 0 Å². The normalized spacial score (nSPS) is 26.4.